The number of hydrogen-bond acceptors (Lipinski definition) is 7. The van der Waals surface area contributed by atoms with Gasteiger partial charge in [0.2, 0.25) is 0 Å². The van der Waals surface area contributed by atoms with Crippen LogP contribution in [-0.2, 0) is 19.1 Å². The van der Waals surface area contributed by atoms with E-state index in [1.165, 1.54) is 19.2 Å². The van der Waals surface area contributed by atoms with E-state index in [0.29, 0.717) is 22.4 Å². The van der Waals surface area contributed by atoms with E-state index < -0.39 is 22.8 Å². The summed E-state index contributed by atoms with van der Waals surface area (Å²) in [6.07, 6.45) is 0.232. The van der Waals surface area contributed by atoms with Crippen molar-refractivity contribution in [2.24, 2.45) is 5.73 Å². The molecule has 1 atom stereocenters. The minimum absolute atomic E-state index is 0.0389. The van der Waals surface area contributed by atoms with Crippen LogP contribution in [0, 0.1) is 10.1 Å². The molecule has 1 heterocycles. The molecule has 0 radical (unpaired) electrons. The topological polar surface area (TPSA) is 122 Å². The van der Waals surface area contributed by atoms with Crippen LogP contribution in [-0.4, -0.2) is 30.6 Å². The summed E-state index contributed by atoms with van der Waals surface area (Å²) in [5, 5.41) is 10.8. The molecule has 0 aromatic heterocycles. The number of hydrogen-bond donors (Lipinski definition) is 1. The van der Waals surface area contributed by atoms with E-state index in [4.69, 9.17) is 15.2 Å². The van der Waals surface area contributed by atoms with Gasteiger partial charge in [-0.05, 0) is 12.0 Å². The Kier molecular flexibility index (Phi) is 3.80. The normalized spacial score (nSPS) is 19.9. The third-order valence-electron chi connectivity index (χ3n) is 4.18. The van der Waals surface area contributed by atoms with E-state index >= 15 is 0 Å². The number of carbonyl (C=O) groups excluding carboxylic acids is 2. The Labute approximate surface area is 136 Å². The number of non-ortho nitro benzene ring substituents is 1. The number of rotatable bonds is 3. The van der Waals surface area contributed by atoms with Crippen molar-refractivity contribution < 1.29 is 24.0 Å². The third kappa shape index (κ3) is 2.41. The van der Waals surface area contributed by atoms with Crippen LogP contribution < -0.4 is 5.73 Å². The number of carbonyl (C=O) groups is 2. The number of ether oxygens (including phenoxy) is 2. The summed E-state index contributed by atoms with van der Waals surface area (Å²) in [7, 11) is 1.24. The highest BCUT2D eigenvalue weighted by atomic mass is 16.6. The summed E-state index contributed by atoms with van der Waals surface area (Å²) in [4.78, 5) is 34.4. The zero-order valence-electron chi connectivity index (χ0n) is 12.8. The molecule has 8 nitrogen and oxygen atoms in total. The molecule has 2 N–H and O–H groups in total. The van der Waals surface area contributed by atoms with Gasteiger partial charge >= 0.3 is 11.9 Å². The van der Waals surface area contributed by atoms with E-state index in [1.54, 1.807) is 12.1 Å². The minimum Gasteiger partial charge on any atom is -0.465 e. The Balaban J connectivity index is 2.05. The number of nitro benzene ring substituents is 1. The van der Waals surface area contributed by atoms with Crippen LogP contribution in [0.2, 0.25) is 0 Å². The number of nitrogens with zero attached hydrogens (tertiary/aromatic N) is 1. The van der Waals surface area contributed by atoms with Gasteiger partial charge < -0.3 is 15.2 Å². The summed E-state index contributed by atoms with van der Waals surface area (Å²) in [5.74, 6) is -1.54. The largest absolute Gasteiger partial charge is 0.465 e. The summed E-state index contributed by atoms with van der Waals surface area (Å²) < 4.78 is 9.80. The first-order valence-electron chi connectivity index (χ1n) is 7.15. The van der Waals surface area contributed by atoms with Gasteiger partial charge in [0, 0.05) is 29.3 Å². The second-order valence-electron chi connectivity index (χ2n) is 5.47. The number of nitro groups is 1. The van der Waals surface area contributed by atoms with Crippen molar-refractivity contribution in [1.82, 2.24) is 0 Å². The highest BCUT2D eigenvalue weighted by Crippen LogP contribution is 2.43. The Hall–Kier alpha value is -3.16. The van der Waals surface area contributed by atoms with Crippen molar-refractivity contribution in [2.75, 3.05) is 13.7 Å². The van der Waals surface area contributed by atoms with E-state index in [-0.39, 0.29) is 24.3 Å². The van der Waals surface area contributed by atoms with Crippen molar-refractivity contribution in [3.05, 3.63) is 62.4 Å². The molecule has 124 valence electrons. The van der Waals surface area contributed by atoms with Gasteiger partial charge in [-0.15, -0.1) is 0 Å². The molecule has 0 fully saturated rings. The Morgan fingerprint density at radius 2 is 2.04 bits per heavy atom. The molecule has 0 bridgehead atoms. The van der Waals surface area contributed by atoms with E-state index in [2.05, 4.69) is 0 Å². The van der Waals surface area contributed by atoms with Crippen molar-refractivity contribution in [3.63, 3.8) is 0 Å². The Morgan fingerprint density at radius 1 is 1.38 bits per heavy atom. The van der Waals surface area contributed by atoms with Crippen molar-refractivity contribution >= 4 is 17.6 Å². The van der Waals surface area contributed by atoms with Crippen LogP contribution in [0.25, 0.3) is 0 Å². The number of cyclic esters (lactones) is 1. The molecule has 0 spiro atoms. The molecule has 24 heavy (non-hydrogen) atoms. The van der Waals surface area contributed by atoms with Crippen LogP contribution in [0.4, 0.5) is 5.69 Å². The van der Waals surface area contributed by atoms with Crippen LogP contribution in [0.15, 0.2) is 46.7 Å². The minimum atomic E-state index is -0.611. The monoisotopic (exact) mass is 330 g/mol. The van der Waals surface area contributed by atoms with Crippen molar-refractivity contribution in [3.8, 4) is 0 Å². The summed E-state index contributed by atoms with van der Waals surface area (Å²) in [6, 6.07) is 5.89. The van der Waals surface area contributed by atoms with Gasteiger partial charge in [0.05, 0.1) is 23.2 Å². The molecule has 1 unspecified atom stereocenters. The van der Waals surface area contributed by atoms with Crippen LogP contribution in [0.3, 0.4) is 0 Å². The zero-order valence-corrected chi connectivity index (χ0v) is 12.8. The quantitative estimate of drug-likeness (QED) is 0.504. The average molecular weight is 330 g/mol. The number of allylic oxidation sites excluding steroid dienone is 1. The maximum atomic E-state index is 12.1. The first-order valence-corrected chi connectivity index (χ1v) is 7.15. The van der Waals surface area contributed by atoms with Gasteiger partial charge in [0.1, 0.15) is 6.61 Å². The second-order valence-corrected chi connectivity index (χ2v) is 5.47. The number of esters is 2. The fraction of sp³-hybridized carbons (Fsp3) is 0.250. The molecule has 2 aliphatic rings. The molecule has 0 amide bonds. The smallest absolute Gasteiger partial charge is 0.340 e. The Morgan fingerprint density at radius 3 is 2.62 bits per heavy atom. The molecule has 3 rings (SSSR count). The highest BCUT2D eigenvalue weighted by Gasteiger charge is 2.40. The lowest BCUT2D eigenvalue weighted by molar-refractivity contribution is -0.384. The summed E-state index contributed by atoms with van der Waals surface area (Å²) in [5.41, 5.74) is 7.95. The first-order chi connectivity index (χ1) is 11.4. The van der Waals surface area contributed by atoms with Crippen LogP contribution in [0.5, 0.6) is 0 Å². The average Bonchev–Trinajstić information content (AvgIpc) is 2.95. The summed E-state index contributed by atoms with van der Waals surface area (Å²) >= 11 is 0. The van der Waals surface area contributed by atoms with Crippen LogP contribution >= 0.6 is 0 Å². The molecular weight excluding hydrogens is 316 g/mol. The lowest BCUT2D eigenvalue weighted by Crippen LogP contribution is -2.24. The lowest BCUT2D eigenvalue weighted by atomic mass is 9.78. The third-order valence-corrected chi connectivity index (χ3v) is 4.18. The fourth-order valence-corrected chi connectivity index (χ4v) is 3.06. The maximum Gasteiger partial charge on any atom is 0.340 e. The molecular formula is C16H14N2O6. The SMILES string of the molecule is COC(=O)C1=C(N)CC(c2ccc([N+](=O)[O-])cc2)C2=C1COC2=O. The first kappa shape index (κ1) is 15.7. The van der Waals surface area contributed by atoms with Gasteiger partial charge in [-0.2, -0.15) is 0 Å². The highest BCUT2D eigenvalue weighted by molar-refractivity contribution is 6.03. The standard InChI is InChI=1S/C16H14N2O6/c1-23-15(19)14-11-7-24-16(20)13(11)10(6-12(14)17)8-2-4-9(5-3-8)18(21)22/h2-5,10H,6-7,17H2,1H3. The molecule has 1 aliphatic heterocycles. The molecule has 0 saturated heterocycles. The van der Waals surface area contributed by atoms with E-state index in [0.717, 1.165) is 0 Å². The summed E-state index contributed by atoms with van der Waals surface area (Å²) in [6.45, 7) is -0.0389. The number of benzene rings is 1. The molecule has 0 saturated carbocycles. The van der Waals surface area contributed by atoms with E-state index in [1.807, 2.05) is 0 Å². The molecule has 1 aliphatic carbocycles. The van der Waals surface area contributed by atoms with Gasteiger partial charge in [0.15, 0.2) is 0 Å². The van der Waals surface area contributed by atoms with Gasteiger partial charge in [-0.25, -0.2) is 9.59 Å². The molecule has 8 heteroatoms. The molecule has 1 aromatic carbocycles. The van der Waals surface area contributed by atoms with Crippen molar-refractivity contribution in [1.29, 1.82) is 0 Å². The fourth-order valence-electron chi connectivity index (χ4n) is 3.06. The maximum absolute atomic E-state index is 12.1. The predicted molar refractivity (Wildman–Crippen MR) is 81.7 cm³/mol. The van der Waals surface area contributed by atoms with Gasteiger partial charge in [-0.3, -0.25) is 10.1 Å². The van der Waals surface area contributed by atoms with Crippen molar-refractivity contribution in [2.45, 2.75) is 12.3 Å². The van der Waals surface area contributed by atoms with E-state index in [9.17, 15) is 19.7 Å². The number of nitrogens with two attached hydrogens (primary N) is 1. The van der Waals surface area contributed by atoms with Gasteiger partial charge in [-0.1, -0.05) is 12.1 Å². The molecule has 1 aromatic rings. The van der Waals surface area contributed by atoms with Crippen LogP contribution in [0.1, 0.15) is 17.9 Å². The predicted octanol–water partition coefficient (Wildman–Crippen LogP) is 1.32. The Bertz CT molecular complexity index is 806. The second kappa shape index (κ2) is 5.80. The van der Waals surface area contributed by atoms with Gasteiger partial charge in [0.25, 0.3) is 5.69 Å². The zero-order chi connectivity index (χ0) is 17.4. The number of methoxy groups -OCH3 is 1. The lowest BCUT2D eigenvalue weighted by Gasteiger charge is -2.24.